The van der Waals surface area contributed by atoms with Gasteiger partial charge in [0, 0.05) is 4.70 Å². The predicted octanol–water partition coefficient (Wildman–Crippen LogP) is 4.88. The maximum Gasteiger partial charge on any atom is 0.0351 e. The first kappa shape index (κ1) is 9.61. The average Bonchev–Trinajstić information content (AvgIpc) is 2.72. The summed E-state index contributed by atoms with van der Waals surface area (Å²) in [5, 5.41) is 3.60. The van der Waals surface area contributed by atoms with E-state index in [-0.39, 0.29) is 0 Å². The molecule has 2 aromatic carbocycles. The van der Waals surface area contributed by atoms with Crippen molar-refractivity contribution in [3.63, 3.8) is 0 Å². The summed E-state index contributed by atoms with van der Waals surface area (Å²) in [7, 11) is 0. The van der Waals surface area contributed by atoms with Gasteiger partial charge in [-0.3, -0.25) is 0 Å². The maximum absolute atomic E-state index is 2.28. The molecule has 0 radical (unpaired) electrons. The molecule has 3 rings (SSSR count). The fourth-order valence-corrected chi connectivity index (χ4v) is 2.95. The second-order valence-electron chi connectivity index (χ2n) is 4.00. The van der Waals surface area contributed by atoms with Crippen LogP contribution >= 0.6 is 11.3 Å². The number of aryl methyl sites for hydroxylation is 1. The monoisotopic (exact) mass is 224 g/mol. The largest absolute Gasteiger partial charge is 0.144 e. The highest BCUT2D eigenvalue weighted by Crippen LogP contribution is 2.30. The molecule has 16 heavy (non-hydrogen) atoms. The summed E-state index contributed by atoms with van der Waals surface area (Å²) >= 11 is 1.82. The van der Waals surface area contributed by atoms with Crippen LogP contribution in [0.1, 0.15) is 5.56 Å². The Morgan fingerprint density at radius 2 is 1.69 bits per heavy atom. The van der Waals surface area contributed by atoms with E-state index in [2.05, 4.69) is 60.8 Å². The van der Waals surface area contributed by atoms with Gasteiger partial charge < -0.3 is 0 Å². The second kappa shape index (κ2) is 3.76. The summed E-state index contributed by atoms with van der Waals surface area (Å²) in [5.74, 6) is 0. The van der Waals surface area contributed by atoms with Gasteiger partial charge in [0.1, 0.15) is 0 Å². The highest BCUT2D eigenvalue weighted by atomic mass is 32.1. The van der Waals surface area contributed by atoms with Crippen molar-refractivity contribution in [1.29, 1.82) is 0 Å². The number of rotatable bonds is 1. The average molecular weight is 224 g/mol. The molecule has 0 aliphatic heterocycles. The van der Waals surface area contributed by atoms with E-state index in [4.69, 9.17) is 0 Å². The van der Waals surface area contributed by atoms with Crippen LogP contribution in [0.4, 0.5) is 0 Å². The smallest absolute Gasteiger partial charge is 0.0351 e. The number of fused-ring (bicyclic) bond motifs is 1. The molecule has 0 aliphatic carbocycles. The molecular formula is C15H12S. The molecule has 0 N–H and O–H groups in total. The lowest BCUT2D eigenvalue weighted by Gasteiger charge is -2.01. The molecule has 0 amide bonds. The van der Waals surface area contributed by atoms with Gasteiger partial charge in [-0.1, -0.05) is 42.5 Å². The van der Waals surface area contributed by atoms with Crippen LogP contribution in [0.3, 0.4) is 0 Å². The standard InChI is InChI=1S/C15H12S/c1-11-10-16-15-9-13(7-8-14(11)15)12-5-3-2-4-6-12/h2-10H,1H3. The van der Waals surface area contributed by atoms with Crippen molar-refractivity contribution in [1.82, 2.24) is 0 Å². The van der Waals surface area contributed by atoms with E-state index in [9.17, 15) is 0 Å². The molecular weight excluding hydrogens is 212 g/mol. The van der Waals surface area contributed by atoms with Gasteiger partial charge in [0.15, 0.2) is 0 Å². The minimum Gasteiger partial charge on any atom is -0.144 e. The van der Waals surface area contributed by atoms with Crippen LogP contribution in [-0.4, -0.2) is 0 Å². The Morgan fingerprint density at radius 1 is 0.875 bits per heavy atom. The topological polar surface area (TPSA) is 0 Å². The molecule has 0 nitrogen and oxygen atoms in total. The Morgan fingerprint density at radius 3 is 2.50 bits per heavy atom. The Balaban J connectivity index is 2.19. The van der Waals surface area contributed by atoms with Gasteiger partial charge in [-0.05, 0) is 40.4 Å². The third kappa shape index (κ3) is 1.54. The summed E-state index contributed by atoms with van der Waals surface area (Å²) in [6.07, 6.45) is 0. The Bertz CT molecular complexity index is 620. The lowest BCUT2D eigenvalue weighted by Crippen LogP contribution is -1.76. The highest BCUT2D eigenvalue weighted by Gasteiger charge is 2.02. The fourth-order valence-electron chi connectivity index (χ4n) is 1.97. The van der Waals surface area contributed by atoms with Crippen LogP contribution in [0.15, 0.2) is 53.9 Å². The molecule has 1 aromatic heterocycles. The minimum absolute atomic E-state index is 1.29. The van der Waals surface area contributed by atoms with Crippen molar-refractivity contribution < 1.29 is 0 Å². The zero-order chi connectivity index (χ0) is 11.0. The molecule has 0 saturated carbocycles. The molecule has 78 valence electrons. The summed E-state index contributed by atoms with van der Waals surface area (Å²) in [6, 6.07) is 17.2. The lowest BCUT2D eigenvalue weighted by atomic mass is 10.0. The van der Waals surface area contributed by atoms with Crippen LogP contribution in [0, 0.1) is 6.92 Å². The van der Waals surface area contributed by atoms with E-state index >= 15 is 0 Å². The third-order valence-electron chi connectivity index (χ3n) is 2.88. The SMILES string of the molecule is Cc1csc2cc(-c3ccccc3)ccc12. The van der Waals surface area contributed by atoms with Crippen LogP contribution in [0.2, 0.25) is 0 Å². The van der Waals surface area contributed by atoms with Crippen molar-refractivity contribution in [2.45, 2.75) is 6.92 Å². The number of benzene rings is 2. The molecule has 0 spiro atoms. The summed E-state index contributed by atoms with van der Waals surface area (Å²) < 4.78 is 1.37. The lowest BCUT2D eigenvalue weighted by molar-refractivity contribution is 1.59. The van der Waals surface area contributed by atoms with Crippen molar-refractivity contribution in [2.24, 2.45) is 0 Å². The van der Waals surface area contributed by atoms with Gasteiger partial charge in [0.05, 0.1) is 0 Å². The van der Waals surface area contributed by atoms with Crippen molar-refractivity contribution in [2.75, 3.05) is 0 Å². The minimum atomic E-state index is 1.29. The van der Waals surface area contributed by atoms with Crippen molar-refractivity contribution >= 4 is 21.4 Å². The van der Waals surface area contributed by atoms with Gasteiger partial charge in [-0.2, -0.15) is 0 Å². The molecule has 0 aliphatic rings. The van der Waals surface area contributed by atoms with E-state index in [0.29, 0.717) is 0 Å². The Hall–Kier alpha value is -1.60. The van der Waals surface area contributed by atoms with Gasteiger partial charge in [-0.25, -0.2) is 0 Å². The van der Waals surface area contributed by atoms with Crippen LogP contribution in [0.5, 0.6) is 0 Å². The van der Waals surface area contributed by atoms with Gasteiger partial charge in [0.25, 0.3) is 0 Å². The Labute approximate surface area is 99.2 Å². The number of hydrogen-bond donors (Lipinski definition) is 0. The van der Waals surface area contributed by atoms with Crippen molar-refractivity contribution in [3.8, 4) is 11.1 Å². The van der Waals surface area contributed by atoms with Crippen LogP contribution in [0.25, 0.3) is 21.2 Å². The Kier molecular flexibility index (Phi) is 2.26. The molecule has 0 bridgehead atoms. The van der Waals surface area contributed by atoms with E-state index in [1.54, 1.807) is 0 Å². The van der Waals surface area contributed by atoms with E-state index in [1.165, 1.54) is 26.8 Å². The second-order valence-corrected chi connectivity index (χ2v) is 4.91. The van der Waals surface area contributed by atoms with Crippen LogP contribution in [-0.2, 0) is 0 Å². The normalized spacial score (nSPS) is 10.8. The molecule has 1 heteroatoms. The molecule has 0 fully saturated rings. The third-order valence-corrected chi connectivity index (χ3v) is 3.94. The number of hydrogen-bond acceptors (Lipinski definition) is 1. The van der Waals surface area contributed by atoms with E-state index in [0.717, 1.165) is 0 Å². The van der Waals surface area contributed by atoms with Gasteiger partial charge in [-0.15, -0.1) is 11.3 Å². The molecule has 0 atom stereocenters. The van der Waals surface area contributed by atoms with Crippen LogP contribution < -0.4 is 0 Å². The van der Waals surface area contributed by atoms with E-state index in [1.807, 2.05) is 11.3 Å². The molecule has 0 unspecified atom stereocenters. The molecule has 0 saturated heterocycles. The molecule has 1 heterocycles. The summed E-state index contributed by atoms with van der Waals surface area (Å²) in [5.41, 5.74) is 3.96. The van der Waals surface area contributed by atoms with Gasteiger partial charge in [0.2, 0.25) is 0 Å². The predicted molar refractivity (Wildman–Crippen MR) is 72.0 cm³/mol. The first-order valence-corrected chi connectivity index (χ1v) is 6.26. The maximum atomic E-state index is 2.28. The quantitative estimate of drug-likeness (QED) is 0.553. The van der Waals surface area contributed by atoms with Crippen molar-refractivity contribution in [3.05, 3.63) is 59.5 Å². The molecule has 3 aromatic rings. The number of thiophene rings is 1. The highest BCUT2D eigenvalue weighted by molar-refractivity contribution is 7.17. The summed E-state index contributed by atoms with van der Waals surface area (Å²) in [4.78, 5) is 0. The first-order valence-electron chi connectivity index (χ1n) is 5.38. The first-order chi connectivity index (χ1) is 7.84. The zero-order valence-corrected chi connectivity index (χ0v) is 9.92. The summed E-state index contributed by atoms with van der Waals surface area (Å²) in [6.45, 7) is 2.17. The zero-order valence-electron chi connectivity index (χ0n) is 9.10. The van der Waals surface area contributed by atoms with E-state index < -0.39 is 0 Å². The fraction of sp³-hybridized carbons (Fsp3) is 0.0667. The van der Waals surface area contributed by atoms with Gasteiger partial charge >= 0.3 is 0 Å².